The lowest BCUT2D eigenvalue weighted by Gasteiger charge is -2.14. The summed E-state index contributed by atoms with van der Waals surface area (Å²) in [6.07, 6.45) is 0. The first-order valence-electron chi connectivity index (χ1n) is 6.27. The minimum absolute atomic E-state index is 0.0173. The molecule has 0 aliphatic heterocycles. The Kier molecular flexibility index (Phi) is 4.60. The normalized spacial score (nSPS) is 10.7. The maximum absolute atomic E-state index is 8.88. The fourth-order valence-electron chi connectivity index (χ4n) is 2.03. The Bertz CT molecular complexity index is 551. The van der Waals surface area contributed by atoms with Gasteiger partial charge in [0, 0.05) is 10.8 Å². The standard InChI is InChI=1S/C15H18O4/c1-11-5-6-12-13(15(11)19-10-8-17)3-2-4-14(12)18-9-7-16/h2-6,16-17H,7-10H2,1H3. The minimum atomic E-state index is -0.0177. The lowest BCUT2D eigenvalue weighted by molar-refractivity contribution is 0.201. The summed E-state index contributed by atoms with van der Waals surface area (Å²) < 4.78 is 11.1. The van der Waals surface area contributed by atoms with Gasteiger partial charge in [0.2, 0.25) is 0 Å². The maximum Gasteiger partial charge on any atom is 0.130 e. The van der Waals surface area contributed by atoms with Gasteiger partial charge in [-0.25, -0.2) is 0 Å². The summed E-state index contributed by atoms with van der Waals surface area (Å²) in [6, 6.07) is 9.65. The van der Waals surface area contributed by atoms with E-state index in [1.807, 2.05) is 37.3 Å². The van der Waals surface area contributed by atoms with Gasteiger partial charge in [0.15, 0.2) is 0 Å². The van der Waals surface area contributed by atoms with E-state index in [9.17, 15) is 0 Å². The van der Waals surface area contributed by atoms with Crippen LogP contribution in [0.2, 0.25) is 0 Å². The first-order chi connectivity index (χ1) is 9.27. The Morgan fingerprint density at radius 2 is 1.63 bits per heavy atom. The first-order valence-corrected chi connectivity index (χ1v) is 6.27. The van der Waals surface area contributed by atoms with Gasteiger partial charge in [0.1, 0.15) is 24.7 Å². The highest BCUT2D eigenvalue weighted by molar-refractivity contribution is 5.94. The second kappa shape index (κ2) is 6.41. The molecule has 2 aromatic rings. The zero-order valence-corrected chi connectivity index (χ0v) is 10.9. The van der Waals surface area contributed by atoms with E-state index in [1.165, 1.54) is 0 Å². The Labute approximate surface area is 112 Å². The number of ether oxygens (including phenoxy) is 2. The highest BCUT2D eigenvalue weighted by Crippen LogP contribution is 2.34. The average Bonchev–Trinajstić information content (AvgIpc) is 2.44. The zero-order chi connectivity index (χ0) is 13.7. The van der Waals surface area contributed by atoms with Crippen molar-refractivity contribution in [3.05, 3.63) is 35.9 Å². The molecule has 0 spiro atoms. The van der Waals surface area contributed by atoms with Crippen molar-refractivity contribution in [2.75, 3.05) is 26.4 Å². The van der Waals surface area contributed by atoms with Crippen molar-refractivity contribution in [2.45, 2.75) is 6.92 Å². The smallest absolute Gasteiger partial charge is 0.130 e. The van der Waals surface area contributed by atoms with E-state index in [2.05, 4.69) is 0 Å². The van der Waals surface area contributed by atoms with Gasteiger partial charge in [-0.2, -0.15) is 0 Å². The third-order valence-corrected chi connectivity index (χ3v) is 2.86. The molecule has 0 atom stereocenters. The SMILES string of the molecule is Cc1ccc2c(OCCO)cccc2c1OCCO. The van der Waals surface area contributed by atoms with Crippen LogP contribution in [0.5, 0.6) is 11.5 Å². The van der Waals surface area contributed by atoms with Crippen LogP contribution in [-0.2, 0) is 0 Å². The van der Waals surface area contributed by atoms with E-state index in [0.29, 0.717) is 0 Å². The van der Waals surface area contributed by atoms with Crippen LogP contribution in [0.1, 0.15) is 5.56 Å². The van der Waals surface area contributed by atoms with Crippen LogP contribution in [0.3, 0.4) is 0 Å². The number of benzene rings is 2. The van der Waals surface area contributed by atoms with Crippen LogP contribution in [0.4, 0.5) is 0 Å². The molecule has 2 rings (SSSR count). The Balaban J connectivity index is 2.46. The molecule has 0 saturated carbocycles. The number of hydrogen-bond acceptors (Lipinski definition) is 4. The molecule has 19 heavy (non-hydrogen) atoms. The van der Waals surface area contributed by atoms with Gasteiger partial charge < -0.3 is 19.7 Å². The number of fused-ring (bicyclic) bond motifs is 1. The van der Waals surface area contributed by atoms with Crippen molar-refractivity contribution in [3.63, 3.8) is 0 Å². The Morgan fingerprint density at radius 3 is 2.37 bits per heavy atom. The molecule has 0 unspecified atom stereocenters. The number of rotatable bonds is 6. The third-order valence-electron chi connectivity index (χ3n) is 2.86. The average molecular weight is 262 g/mol. The molecule has 0 heterocycles. The molecule has 0 aliphatic rings. The quantitative estimate of drug-likeness (QED) is 0.834. The lowest BCUT2D eigenvalue weighted by Crippen LogP contribution is -2.04. The molecule has 0 radical (unpaired) electrons. The largest absolute Gasteiger partial charge is 0.491 e. The number of hydrogen-bond donors (Lipinski definition) is 2. The second-order valence-electron chi connectivity index (χ2n) is 4.21. The highest BCUT2D eigenvalue weighted by Gasteiger charge is 2.09. The maximum atomic E-state index is 8.88. The van der Waals surface area contributed by atoms with Gasteiger partial charge >= 0.3 is 0 Å². The van der Waals surface area contributed by atoms with Gasteiger partial charge in [0.05, 0.1) is 13.2 Å². The van der Waals surface area contributed by atoms with Crippen molar-refractivity contribution in [1.29, 1.82) is 0 Å². The molecule has 0 aromatic heterocycles. The lowest BCUT2D eigenvalue weighted by atomic mass is 10.1. The molecular formula is C15H18O4. The van der Waals surface area contributed by atoms with Crippen LogP contribution < -0.4 is 9.47 Å². The Morgan fingerprint density at radius 1 is 0.895 bits per heavy atom. The predicted molar refractivity (Wildman–Crippen MR) is 73.8 cm³/mol. The third kappa shape index (κ3) is 2.97. The first kappa shape index (κ1) is 13.6. The van der Waals surface area contributed by atoms with Crippen molar-refractivity contribution in [1.82, 2.24) is 0 Å². The van der Waals surface area contributed by atoms with Crippen molar-refractivity contribution in [3.8, 4) is 11.5 Å². The van der Waals surface area contributed by atoms with E-state index in [1.54, 1.807) is 0 Å². The second-order valence-corrected chi connectivity index (χ2v) is 4.21. The van der Waals surface area contributed by atoms with E-state index in [4.69, 9.17) is 19.7 Å². The minimum Gasteiger partial charge on any atom is -0.491 e. The molecule has 102 valence electrons. The van der Waals surface area contributed by atoms with Crippen LogP contribution >= 0.6 is 0 Å². The topological polar surface area (TPSA) is 58.9 Å². The van der Waals surface area contributed by atoms with E-state index >= 15 is 0 Å². The van der Waals surface area contributed by atoms with E-state index in [-0.39, 0.29) is 26.4 Å². The summed E-state index contributed by atoms with van der Waals surface area (Å²) in [4.78, 5) is 0. The molecule has 0 amide bonds. The number of aliphatic hydroxyl groups is 2. The molecule has 4 heteroatoms. The summed E-state index contributed by atoms with van der Waals surface area (Å²) in [7, 11) is 0. The molecule has 2 aromatic carbocycles. The number of aryl methyl sites for hydroxylation is 1. The van der Waals surface area contributed by atoms with Gasteiger partial charge in [-0.15, -0.1) is 0 Å². The van der Waals surface area contributed by atoms with Crippen molar-refractivity contribution >= 4 is 10.8 Å². The number of aliphatic hydroxyl groups excluding tert-OH is 2. The molecule has 2 N–H and O–H groups in total. The summed E-state index contributed by atoms with van der Waals surface area (Å²) in [6.45, 7) is 2.46. The van der Waals surface area contributed by atoms with Gasteiger partial charge in [-0.05, 0) is 18.6 Å². The summed E-state index contributed by atoms with van der Waals surface area (Å²) in [5, 5.41) is 19.6. The molecule has 0 bridgehead atoms. The monoisotopic (exact) mass is 262 g/mol. The van der Waals surface area contributed by atoms with Crippen LogP contribution in [0.25, 0.3) is 10.8 Å². The molecule has 0 saturated heterocycles. The van der Waals surface area contributed by atoms with Crippen LogP contribution in [0.15, 0.2) is 30.3 Å². The predicted octanol–water partition coefficient (Wildman–Crippen LogP) is 1.89. The molecule has 4 nitrogen and oxygen atoms in total. The molecule has 0 aliphatic carbocycles. The molecular weight excluding hydrogens is 244 g/mol. The van der Waals surface area contributed by atoms with E-state index in [0.717, 1.165) is 27.8 Å². The zero-order valence-electron chi connectivity index (χ0n) is 10.9. The van der Waals surface area contributed by atoms with Crippen molar-refractivity contribution in [2.24, 2.45) is 0 Å². The summed E-state index contributed by atoms with van der Waals surface area (Å²) >= 11 is 0. The van der Waals surface area contributed by atoms with Crippen molar-refractivity contribution < 1.29 is 19.7 Å². The fraction of sp³-hybridized carbons (Fsp3) is 0.333. The van der Waals surface area contributed by atoms with Gasteiger partial charge in [-0.1, -0.05) is 24.3 Å². The Hall–Kier alpha value is -1.78. The van der Waals surface area contributed by atoms with Gasteiger partial charge in [0.25, 0.3) is 0 Å². The fourth-order valence-corrected chi connectivity index (χ4v) is 2.03. The highest BCUT2D eigenvalue weighted by atomic mass is 16.5. The summed E-state index contributed by atoms with van der Waals surface area (Å²) in [5.74, 6) is 1.49. The van der Waals surface area contributed by atoms with Crippen LogP contribution in [0, 0.1) is 6.92 Å². The summed E-state index contributed by atoms with van der Waals surface area (Å²) in [5.41, 5.74) is 1.01. The van der Waals surface area contributed by atoms with Gasteiger partial charge in [-0.3, -0.25) is 0 Å². The van der Waals surface area contributed by atoms with E-state index < -0.39 is 0 Å². The molecule has 0 fully saturated rings. The van der Waals surface area contributed by atoms with Crippen LogP contribution in [-0.4, -0.2) is 36.6 Å².